The Balaban J connectivity index is 2.29. The summed E-state index contributed by atoms with van der Waals surface area (Å²) in [6.45, 7) is 8.90. The molecular weight excluding hydrogens is 236 g/mol. The van der Waals surface area contributed by atoms with Crippen molar-refractivity contribution in [2.75, 3.05) is 6.61 Å². The van der Waals surface area contributed by atoms with E-state index in [0.717, 1.165) is 11.5 Å². The second kappa shape index (κ2) is 5.77. The molecule has 104 valence electrons. The van der Waals surface area contributed by atoms with Crippen molar-refractivity contribution in [2.24, 2.45) is 5.92 Å². The number of hydrogen-bond donors (Lipinski definition) is 0. The summed E-state index contributed by atoms with van der Waals surface area (Å²) >= 11 is 0. The molecule has 0 spiro atoms. The summed E-state index contributed by atoms with van der Waals surface area (Å²) in [4.78, 5) is 11.7. The first kappa shape index (κ1) is 14.1. The third-order valence-electron chi connectivity index (χ3n) is 4.37. The summed E-state index contributed by atoms with van der Waals surface area (Å²) in [5.41, 5.74) is 6.81. The van der Waals surface area contributed by atoms with E-state index in [1.807, 2.05) is 6.92 Å². The van der Waals surface area contributed by atoms with E-state index >= 15 is 0 Å². The Bertz CT molecular complexity index is 489. The summed E-state index contributed by atoms with van der Waals surface area (Å²) in [6, 6.07) is 2.18. The summed E-state index contributed by atoms with van der Waals surface area (Å²) in [7, 11) is 0. The molecule has 19 heavy (non-hydrogen) atoms. The molecule has 2 heteroatoms. The molecule has 0 saturated heterocycles. The van der Waals surface area contributed by atoms with Crippen molar-refractivity contribution in [3.05, 3.63) is 33.9 Å². The zero-order chi connectivity index (χ0) is 14.0. The molecule has 1 aliphatic carbocycles. The van der Waals surface area contributed by atoms with Gasteiger partial charge in [0.1, 0.15) is 0 Å². The second-order valence-electron chi connectivity index (χ2n) is 5.60. The molecule has 0 aromatic heterocycles. The number of aryl methyl sites for hydroxylation is 1. The van der Waals surface area contributed by atoms with Crippen LogP contribution < -0.4 is 0 Å². The maximum absolute atomic E-state index is 11.7. The van der Waals surface area contributed by atoms with Crippen LogP contribution in [0.15, 0.2) is 6.07 Å². The average Bonchev–Trinajstić information content (AvgIpc) is 2.81. The predicted octanol–water partition coefficient (Wildman–Crippen LogP) is 3.53. The van der Waals surface area contributed by atoms with Crippen LogP contribution in [0.25, 0.3) is 0 Å². The quantitative estimate of drug-likeness (QED) is 0.774. The van der Waals surface area contributed by atoms with Crippen molar-refractivity contribution >= 4 is 5.97 Å². The van der Waals surface area contributed by atoms with E-state index in [4.69, 9.17) is 4.74 Å². The zero-order valence-corrected chi connectivity index (χ0v) is 12.5. The van der Waals surface area contributed by atoms with E-state index in [9.17, 15) is 4.79 Å². The number of carbonyl (C=O) groups excluding carboxylic acids is 1. The van der Waals surface area contributed by atoms with Crippen molar-refractivity contribution in [3.8, 4) is 0 Å². The highest BCUT2D eigenvalue weighted by atomic mass is 16.5. The highest BCUT2D eigenvalue weighted by Gasteiger charge is 2.25. The molecule has 0 saturated carbocycles. The third-order valence-corrected chi connectivity index (χ3v) is 4.37. The van der Waals surface area contributed by atoms with Gasteiger partial charge in [-0.3, -0.25) is 4.79 Å². The Hall–Kier alpha value is -1.31. The lowest BCUT2D eigenvalue weighted by Crippen LogP contribution is -2.10. The molecular formula is C17H24O2. The molecule has 2 rings (SSSR count). The lowest BCUT2D eigenvalue weighted by molar-refractivity contribution is -0.142. The van der Waals surface area contributed by atoms with Gasteiger partial charge in [-0.25, -0.2) is 0 Å². The smallest absolute Gasteiger partial charge is 0.310 e. The van der Waals surface area contributed by atoms with Crippen LogP contribution in [0.3, 0.4) is 0 Å². The number of benzene rings is 1. The van der Waals surface area contributed by atoms with E-state index in [1.165, 1.54) is 41.5 Å². The average molecular weight is 260 g/mol. The van der Waals surface area contributed by atoms with Crippen LogP contribution in [-0.4, -0.2) is 12.6 Å². The van der Waals surface area contributed by atoms with Gasteiger partial charge in [-0.1, -0.05) is 19.4 Å². The maximum Gasteiger partial charge on any atom is 0.310 e. The SMILES string of the molecule is CCOC(=O)Cc1cc(C)c2c(c1C)CC(CC)C2. The zero-order valence-electron chi connectivity index (χ0n) is 12.5. The lowest BCUT2D eigenvalue weighted by atomic mass is 9.93. The maximum atomic E-state index is 11.7. The fourth-order valence-corrected chi connectivity index (χ4v) is 3.16. The minimum Gasteiger partial charge on any atom is -0.466 e. The molecule has 1 unspecified atom stereocenters. The first-order valence-electron chi connectivity index (χ1n) is 7.33. The van der Waals surface area contributed by atoms with E-state index in [1.54, 1.807) is 0 Å². The Labute approximate surface area is 116 Å². The van der Waals surface area contributed by atoms with Gasteiger partial charge in [0.2, 0.25) is 0 Å². The van der Waals surface area contributed by atoms with E-state index in [0.29, 0.717) is 13.0 Å². The number of ether oxygens (including phenoxy) is 1. The fraction of sp³-hybridized carbons (Fsp3) is 0.588. The van der Waals surface area contributed by atoms with Crippen LogP contribution >= 0.6 is 0 Å². The monoisotopic (exact) mass is 260 g/mol. The van der Waals surface area contributed by atoms with Gasteiger partial charge in [0, 0.05) is 0 Å². The van der Waals surface area contributed by atoms with Gasteiger partial charge in [0.15, 0.2) is 0 Å². The normalized spacial score (nSPS) is 17.4. The van der Waals surface area contributed by atoms with Crippen LogP contribution in [0.5, 0.6) is 0 Å². The molecule has 0 radical (unpaired) electrons. The molecule has 0 fully saturated rings. The molecule has 0 amide bonds. The van der Waals surface area contributed by atoms with Crippen LogP contribution in [0.1, 0.15) is 48.1 Å². The van der Waals surface area contributed by atoms with Crippen molar-refractivity contribution in [3.63, 3.8) is 0 Å². The molecule has 1 aromatic carbocycles. The topological polar surface area (TPSA) is 26.3 Å². The molecule has 0 bridgehead atoms. The van der Waals surface area contributed by atoms with Crippen LogP contribution in [-0.2, 0) is 28.8 Å². The minimum atomic E-state index is -0.116. The van der Waals surface area contributed by atoms with Crippen molar-refractivity contribution in [1.82, 2.24) is 0 Å². The lowest BCUT2D eigenvalue weighted by Gasteiger charge is -2.13. The van der Waals surface area contributed by atoms with Crippen molar-refractivity contribution in [2.45, 2.75) is 53.4 Å². The first-order chi connectivity index (χ1) is 9.06. The Morgan fingerprint density at radius 3 is 2.58 bits per heavy atom. The molecule has 2 nitrogen and oxygen atoms in total. The van der Waals surface area contributed by atoms with Gasteiger partial charge in [-0.2, -0.15) is 0 Å². The van der Waals surface area contributed by atoms with Gasteiger partial charge >= 0.3 is 5.97 Å². The molecule has 1 aliphatic rings. The predicted molar refractivity (Wildman–Crippen MR) is 77.4 cm³/mol. The van der Waals surface area contributed by atoms with E-state index < -0.39 is 0 Å². The summed E-state index contributed by atoms with van der Waals surface area (Å²) < 4.78 is 5.06. The van der Waals surface area contributed by atoms with Crippen LogP contribution in [0.4, 0.5) is 0 Å². The summed E-state index contributed by atoms with van der Waals surface area (Å²) in [6.07, 6.45) is 4.03. The fourth-order valence-electron chi connectivity index (χ4n) is 3.16. The second-order valence-corrected chi connectivity index (χ2v) is 5.60. The number of esters is 1. The highest BCUT2D eigenvalue weighted by molar-refractivity contribution is 5.73. The summed E-state index contributed by atoms with van der Waals surface area (Å²) in [5.74, 6) is 0.667. The van der Waals surface area contributed by atoms with Crippen molar-refractivity contribution in [1.29, 1.82) is 0 Å². The molecule has 1 aromatic rings. The Morgan fingerprint density at radius 1 is 1.26 bits per heavy atom. The first-order valence-corrected chi connectivity index (χ1v) is 7.33. The number of fused-ring (bicyclic) bond motifs is 1. The molecule has 1 atom stereocenters. The standard InChI is InChI=1S/C17H24O2/c1-5-13-8-15-11(3)7-14(10-17(18)19-6-2)12(4)16(15)9-13/h7,13H,5-6,8-10H2,1-4H3. The Morgan fingerprint density at radius 2 is 1.95 bits per heavy atom. The minimum absolute atomic E-state index is 0.116. The van der Waals surface area contributed by atoms with Gasteiger partial charge in [0.05, 0.1) is 13.0 Å². The van der Waals surface area contributed by atoms with E-state index in [-0.39, 0.29) is 5.97 Å². The largest absolute Gasteiger partial charge is 0.466 e. The van der Waals surface area contributed by atoms with Gasteiger partial charge in [0.25, 0.3) is 0 Å². The third kappa shape index (κ3) is 2.83. The van der Waals surface area contributed by atoms with Gasteiger partial charge in [-0.05, 0) is 67.3 Å². The van der Waals surface area contributed by atoms with Gasteiger partial charge in [-0.15, -0.1) is 0 Å². The van der Waals surface area contributed by atoms with E-state index in [2.05, 4.69) is 26.8 Å². The van der Waals surface area contributed by atoms with Crippen molar-refractivity contribution < 1.29 is 9.53 Å². The number of carbonyl (C=O) groups is 1. The molecule has 0 N–H and O–H groups in total. The summed E-state index contributed by atoms with van der Waals surface area (Å²) in [5, 5.41) is 0. The number of hydrogen-bond acceptors (Lipinski definition) is 2. The van der Waals surface area contributed by atoms with Crippen LogP contribution in [0.2, 0.25) is 0 Å². The number of rotatable bonds is 4. The molecule has 0 heterocycles. The molecule has 0 aliphatic heterocycles. The highest BCUT2D eigenvalue weighted by Crippen LogP contribution is 2.35. The Kier molecular flexibility index (Phi) is 4.28. The van der Waals surface area contributed by atoms with Crippen LogP contribution in [0, 0.1) is 19.8 Å². The van der Waals surface area contributed by atoms with Gasteiger partial charge < -0.3 is 4.74 Å².